The van der Waals surface area contributed by atoms with Gasteiger partial charge in [0.25, 0.3) is 0 Å². The molecule has 2 heterocycles. The first-order chi connectivity index (χ1) is 17.0. The number of hydrogen-bond acceptors (Lipinski definition) is 7. The highest BCUT2D eigenvalue weighted by Crippen LogP contribution is 2.19. The van der Waals surface area contributed by atoms with Crippen LogP contribution < -0.4 is 15.4 Å². The van der Waals surface area contributed by atoms with Crippen LogP contribution in [0.25, 0.3) is 0 Å². The summed E-state index contributed by atoms with van der Waals surface area (Å²) >= 11 is 5.92. The van der Waals surface area contributed by atoms with Crippen LogP contribution in [0, 0.1) is 0 Å². The molecule has 184 valence electrons. The van der Waals surface area contributed by atoms with E-state index in [0.29, 0.717) is 49.3 Å². The minimum atomic E-state index is -0.595. The summed E-state index contributed by atoms with van der Waals surface area (Å²) in [5.41, 5.74) is 1.52. The molecule has 1 saturated heterocycles. The third-order valence-corrected chi connectivity index (χ3v) is 5.68. The third-order valence-electron chi connectivity index (χ3n) is 5.43. The van der Waals surface area contributed by atoms with Crippen molar-refractivity contribution < 1.29 is 19.1 Å². The van der Waals surface area contributed by atoms with Gasteiger partial charge in [-0.05, 0) is 47.2 Å². The highest BCUT2D eigenvalue weighted by molar-refractivity contribution is 6.30. The summed E-state index contributed by atoms with van der Waals surface area (Å²) in [6, 6.07) is 13.2. The predicted octanol–water partition coefficient (Wildman–Crippen LogP) is 2.30. The number of carbonyl (C=O) groups excluding carboxylic acids is 2. The number of aromatic nitrogens is 4. The molecule has 1 aromatic heterocycles. The van der Waals surface area contributed by atoms with E-state index < -0.39 is 12.1 Å². The van der Waals surface area contributed by atoms with E-state index in [-0.39, 0.29) is 12.5 Å². The van der Waals surface area contributed by atoms with Gasteiger partial charge >= 0.3 is 6.03 Å². The van der Waals surface area contributed by atoms with E-state index in [2.05, 4.69) is 26.0 Å². The Morgan fingerprint density at radius 1 is 1.11 bits per heavy atom. The zero-order valence-corrected chi connectivity index (χ0v) is 19.9. The number of anilines is 1. The molecule has 2 N–H and O–H groups in total. The SMILES string of the molecule is COc1ccc(C[C@H](NC(=O)Nc2ccc(Cl)cc2)c2nnn(CC(=O)N3CCOCC3)n2)cc1. The Bertz CT molecular complexity index is 1130. The Balaban J connectivity index is 1.47. The maximum absolute atomic E-state index is 12.7. The molecule has 3 aromatic rings. The molecule has 35 heavy (non-hydrogen) atoms. The van der Waals surface area contributed by atoms with Crippen molar-refractivity contribution in [2.45, 2.75) is 19.0 Å². The minimum Gasteiger partial charge on any atom is -0.497 e. The predicted molar refractivity (Wildman–Crippen MR) is 128 cm³/mol. The van der Waals surface area contributed by atoms with Gasteiger partial charge in [-0.2, -0.15) is 4.80 Å². The van der Waals surface area contributed by atoms with Gasteiger partial charge in [-0.3, -0.25) is 4.79 Å². The summed E-state index contributed by atoms with van der Waals surface area (Å²) < 4.78 is 10.5. The van der Waals surface area contributed by atoms with Gasteiger partial charge in [0, 0.05) is 30.2 Å². The first kappa shape index (κ1) is 24.4. The lowest BCUT2D eigenvalue weighted by atomic mass is 10.1. The molecule has 0 saturated carbocycles. The fourth-order valence-corrected chi connectivity index (χ4v) is 3.68. The number of tetrazole rings is 1. The molecule has 1 aliphatic rings. The number of urea groups is 1. The van der Waals surface area contributed by atoms with Gasteiger partial charge < -0.3 is 25.0 Å². The lowest BCUT2D eigenvalue weighted by molar-refractivity contribution is -0.136. The van der Waals surface area contributed by atoms with Crippen LogP contribution in [-0.2, 0) is 22.5 Å². The van der Waals surface area contributed by atoms with Crippen LogP contribution in [0.2, 0.25) is 5.02 Å². The number of methoxy groups -OCH3 is 1. The number of rotatable bonds is 8. The molecule has 1 atom stereocenters. The number of carbonyl (C=O) groups is 2. The van der Waals surface area contributed by atoms with Crippen molar-refractivity contribution in [3.05, 3.63) is 64.9 Å². The Morgan fingerprint density at radius 3 is 2.51 bits per heavy atom. The summed E-state index contributed by atoms with van der Waals surface area (Å²) in [5.74, 6) is 0.906. The maximum atomic E-state index is 12.7. The molecule has 2 aromatic carbocycles. The highest BCUT2D eigenvalue weighted by atomic mass is 35.5. The topological polar surface area (TPSA) is 123 Å². The van der Waals surface area contributed by atoms with Crippen molar-refractivity contribution in [1.29, 1.82) is 0 Å². The number of hydrogen-bond donors (Lipinski definition) is 2. The van der Waals surface area contributed by atoms with Crippen molar-refractivity contribution in [1.82, 2.24) is 30.4 Å². The van der Waals surface area contributed by atoms with Crippen molar-refractivity contribution >= 4 is 29.2 Å². The molecule has 11 nitrogen and oxygen atoms in total. The van der Waals surface area contributed by atoms with E-state index in [1.807, 2.05) is 24.3 Å². The van der Waals surface area contributed by atoms with Crippen LogP contribution in [0.3, 0.4) is 0 Å². The monoisotopic (exact) mass is 499 g/mol. The quantitative estimate of drug-likeness (QED) is 0.487. The number of nitrogens with zero attached hydrogens (tertiary/aromatic N) is 5. The van der Waals surface area contributed by atoms with E-state index in [4.69, 9.17) is 21.1 Å². The summed E-state index contributed by atoms with van der Waals surface area (Å²) in [4.78, 5) is 28.2. The van der Waals surface area contributed by atoms with E-state index in [9.17, 15) is 9.59 Å². The summed E-state index contributed by atoms with van der Waals surface area (Å²) in [6.07, 6.45) is 0.404. The number of benzene rings is 2. The second kappa shape index (κ2) is 11.6. The standard InChI is InChI=1S/C23H26ClN7O4/c1-34-19-8-2-16(3-9-19)14-20(26-23(33)25-18-6-4-17(24)5-7-18)22-27-29-31(28-22)15-21(32)30-10-12-35-13-11-30/h2-9,20H,10-15H2,1H3,(H2,25,26,33)/t20-/m0/s1. The lowest BCUT2D eigenvalue weighted by Crippen LogP contribution is -2.42. The lowest BCUT2D eigenvalue weighted by Gasteiger charge is -2.26. The molecule has 0 spiro atoms. The molecule has 0 unspecified atom stereocenters. The number of halogens is 1. The first-order valence-electron chi connectivity index (χ1n) is 11.1. The van der Waals surface area contributed by atoms with Crippen LogP contribution in [-0.4, -0.2) is 70.5 Å². The van der Waals surface area contributed by atoms with Gasteiger partial charge in [0.2, 0.25) is 5.91 Å². The molecule has 12 heteroatoms. The molecular formula is C23H26ClN7O4. The van der Waals surface area contributed by atoms with Crippen LogP contribution in [0.4, 0.5) is 10.5 Å². The number of nitrogens with one attached hydrogen (secondary N) is 2. The largest absolute Gasteiger partial charge is 0.497 e. The Kier molecular flexibility index (Phi) is 8.11. The molecule has 0 aliphatic carbocycles. The second-order valence-corrected chi connectivity index (χ2v) is 8.32. The Labute approximate surface area is 207 Å². The van der Waals surface area contributed by atoms with Crippen molar-refractivity contribution in [3.63, 3.8) is 0 Å². The van der Waals surface area contributed by atoms with Crippen molar-refractivity contribution in [3.8, 4) is 5.75 Å². The van der Waals surface area contributed by atoms with Gasteiger partial charge in [0.15, 0.2) is 5.82 Å². The fourth-order valence-electron chi connectivity index (χ4n) is 3.56. The minimum absolute atomic E-state index is 0.0424. The van der Waals surface area contributed by atoms with Crippen LogP contribution in [0.1, 0.15) is 17.4 Å². The van der Waals surface area contributed by atoms with E-state index in [1.54, 1.807) is 36.3 Å². The van der Waals surface area contributed by atoms with Crippen molar-refractivity contribution in [2.24, 2.45) is 0 Å². The van der Waals surface area contributed by atoms with Gasteiger partial charge in [0.05, 0.1) is 26.4 Å². The molecule has 3 amide bonds. The van der Waals surface area contributed by atoms with E-state index >= 15 is 0 Å². The number of morpholine rings is 1. The number of ether oxygens (including phenoxy) is 2. The van der Waals surface area contributed by atoms with E-state index in [1.165, 1.54) is 4.80 Å². The maximum Gasteiger partial charge on any atom is 0.319 e. The molecule has 4 rings (SSSR count). The summed E-state index contributed by atoms with van der Waals surface area (Å²) in [6.45, 7) is 2.05. The van der Waals surface area contributed by atoms with Gasteiger partial charge in [-0.15, -0.1) is 10.2 Å². The second-order valence-electron chi connectivity index (χ2n) is 7.88. The first-order valence-corrected chi connectivity index (χ1v) is 11.5. The van der Waals surface area contributed by atoms with Crippen LogP contribution >= 0.6 is 11.6 Å². The average Bonchev–Trinajstić information content (AvgIpc) is 3.34. The van der Waals surface area contributed by atoms with Crippen molar-refractivity contribution in [2.75, 3.05) is 38.7 Å². The zero-order chi connectivity index (χ0) is 24.6. The number of amides is 3. The Hall–Kier alpha value is -3.70. The average molecular weight is 500 g/mol. The zero-order valence-electron chi connectivity index (χ0n) is 19.2. The molecule has 1 fully saturated rings. The van der Waals surface area contributed by atoms with Gasteiger partial charge in [-0.25, -0.2) is 4.79 Å². The van der Waals surface area contributed by atoms with Crippen LogP contribution in [0.15, 0.2) is 48.5 Å². The van der Waals surface area contributed by atoms with E-state index in [0.717, 1.165) is 11.3 Å². The summed E-state index contributed by atoms with van der Waals surface area (Å²) in [5, 5.41) is 18.8. The summed E-state index contributed by atoms with van der Waals surface area (Å²) in [7, 11) is 1.60. The Morgan fingerprint density at radius 2 is 1.83 bits per heavy atom. The van der Waals surface area contributed by atoms with Gasteiger partial charge in [-0.1, -0.05) is 23.7 Å². The molecule has 0 radical (unpaired) electrons. The fraction of sp³-hybridized carbons (Fsp3) is 0.348. The van der Waals surface area contributed by atoms with Gasteiger partial charge in [0.1, 0.15) is 12.3 Å². The molecule has 0 bridgehead atoms. The normalized spacial score (nSPS) is 14.3. The smallest absolute Gasteiger partial charge is 0.319 e. The molecular weight excluding hydrogens is 474 g/mol. The third kappa shape index (κ3) is 6.90. The highest BCUT2D eigenvalue weighted by Gasteiger charge is 2.23. The van der Waals surface area contributed by atoms with Crippen LogP contribution in [0.5, 0.6) is 5.75 Å². The molecule has 1 aliphatic heterocycles.